The van der Waals surface area contributed by atoms with Gasteiger partial charge >= 0.3 is 0 Å². The van der Waals surface area contributed by atoms with E-state index in [0.717, 1.165) is 23.6 Å². The molecule has 96 valence electrons. The van der Waals surface area contributed by atoms with Gasteiger partial charge in [0.15, 0.2) is 5.82 Å². The van der Waals surface area contributed by atoms with Gasteiger partial charge in [0, 0.05) is 17.2 Å². The van der Waals surface area contributed by atoms with Gasteiger partial charge in [-0.05, 0) is 31.0 Å². The lowest BCUT2D eigenvalue weighted by Crippen LogP contribution is -1.95. The predicted molar refractivity (Wildman–Crippen MR) is 70.4 cm³/mol. The molecule has 1 saturated carbocycles. The molecule has 0 aliphatic heterocycles. The fourth-order valence-electron chi connectivity index (χ4n) is 2.05. The third-order valence-corrected chi connectivity index (χ3v) is 4.14. The summed E-state index contributed by atoms with van der Waals surface area (Å²) in [4.78, 5) is 0.723. The summed E-state index contributed by atoms with van der Waals surface area (Å²) in [5, 5.41) is 13.4. The number of rotatable bonds is 2. The summed E-state index contributed by atoms with van der Waals surface area (Å²) in [7, 11) is 0. The van der Waals surface area contributed by atoms with Crippen molar-refractivity contribution in [1.29, 1.82) is 0 Å². The second-order valence-corrected chi connectivity index (χ2v) is 5.62. The number of hydrogen-bond acceptors (Lipinski definition) is 5. The molecule has 2 aromatic heterocycles. The molecule has 19 heavy (non-hydrogen) atoms. The minimum Gasteiger partial charge on any atom is -0.398 e. The molecule has 0 unspecified atom stereocenters. The highest BCUT2D eigenvalue weighted by Gasteiger charge is 2.30. The largest absolute Gasteiger partial charge is 0.398 e. The predicted octanol–water partition coefficient (Wildman–Crippen LogP) is 2.45. The Balaban J connectivity index is 1.88. The maximum atomic E-state index is 13.3. The number of fused-ring (bicyclic) bond motifs is 1. The molecule has 0 radical (unpaired) electrons. The lowest BCUT2D eigenvalue weighted by Gasteiger charge is -2.00. The molecular weight excluding hydrogens is 265 g/mol. The van der Waals surface area contributed by atoms with Crippen LogP contribution in [-0.4, -0.2) is 19.8 Å². The van der Waals surface area contributed by atoms with Crippen LogP contribution in [0.1, 0.15) is 24.6 Å². The van der Waals surface area contributed by atoms with Crippen molar-refractivity contribution in [3.05, 3.63) is 29.8 Å². The number of halogens is 1. The van der Waals surface area contributed by atoms with E-state index < -0.39 is 0 Å². The van der Waals surface area contributed by atoms with Crippen LogP contribution in [0.15, 0.2) is 18.2 Å². The van der Waals surface area contributed by atoms with E-state index in [0.29, 0.717) is 22.2 Å². The molecule has 5 nitrogen and oxygen atoms in total. The van der Waals surface area contributed by atoms with Crippen molar-refractivity contribution in [3.63, 3.8) is 0 Å². The lowest BCUT2D eigenvalue weighted by molar-refractivity contribution is 0.628. The van der Waals surface area contributed by atoms with Gasteiger partial charge in [-0.15, -0.1) is 10.2 Å². The summed E-state index contributed by atoms with van der Waals surface area (Å²) in [6, 6.07) is 4.29. The number of aromatic nitrogens is 4. The molecule has 1 aliphatic carbocycles. The van der Waals surface area contributed by atoms with Gasteiger partial charge in [-0.2, -0.15) is 9.61 Å². The highest BCUT2D eigenvalue weighted by Crippen LogP contribution is 2.40. The standard InChI is InChI=1S/C12H10FN5S/c13-7-3-4-9(14)8(5-7)11-17-18-10(6-1-2-6)15-16-12(18)19-11/h3-6H,1-2,14H2. The summed E-state index contributed by atoms with van der Waals surface area (Å²) in [6.45, 7) is 0. The Kier molecular flexibility index (Phi) is 2.14. The molecule has 4 rings (SSSR count). The molecule has 1 fully saturated rings. The SMILES string of the molecule is Nc1ccc(F)cc1-c1nn2c(C3CC3)nnc2s1. The van der Waals surface area contributed by atoms with E-state index in [2.05, 4.69) is 15.3 Å². The summed E-state index contributed by atoms with van der Waals surface area (Å²) < 4.78 is 15.1. The van der Waals surface area contributed by atoms with Crippen molar-refractivity contribution >= 4 is 22.0 Å². The van der Waals surface area contributed by atoms with Crippen LogP contribution in [0.3, 0.4) is 0 Å². The van der Waals surface area contributed by atoms with E-state index in [1.54, 1.807) is 10.6 Å². The first-order valence-corrected chi connectivity index (χ1v) is 6.81. The van der Waals surface area contributed by atoms with Gasteiger partial charge in [0.1, 0.15) is 10.8 Å². The maximum Gasteiger partial charge on any atom is 0.234 e. The summed E-state index contributed by atoms with van der Waals surface area (Å²) in [5.41, 5.74) is 7.00. The molecule has 0 atom stereocenters. The van der Waals surface area contributed by atoms with Crippen molar-refractivity contribution in [2.75, 3.05) is 5.73 Å². The van der Waals surface area contributed by atoms with Crippen molar-refractivity contribution < 1.29 is 4.39 Å². The smallest absolute Gasteiger partial charge is 0.234 e. The molecule has 1 aromatic carbocycles. The van der Waals surface area contributed by atoms with Gasteiger partial charge in [0.25, 0.3) is 0 Å². The Morgan fingerprint density at radius 1 is 1.32 bits per heavy atom. The Morgan fingerprint density at radius 2 is 2.16 bits per heavy atom. The molecule has 1 aliphatic rings. The second kappa shape index (κ2) is 3.74. The first-order chi connectivity index (χ1) is 9.22. The van der Waals surface area contributed by atoms with Crippen molar-refractivity contribution in [1.82, 2.24) is 19.8 Å². The van der Waals surface area contributed by atoms with Crippen LogP contribution in [0.2, 0.25) is 0 Å². The molecule has 3 aromatic rings. The molecule has 0 amide bonds. The van der Waals surface area contributed by atoms with Gasteiger partial charge in [0.2, 0.25) is 4.96 Å². The molecule has 0 bridgehead atoms. The Hall–Kier alpha value is -2.02. The number of nitrogen functional groups attached to an aromatic ring is 1. The topological polar surface area (TPSA) is 69.1 Å². The second-order valence-electron chi connectivity index (χ2n) is 4.67. The van der Waals surface area contributed by atoms with Gasteiger partial charge in [0.05, 0.1) is 0 Å². The van der Waals surface area contributed by atoms with Gasteiger partial charge in [-0.1, -0.05) is 11.3 Å². The zero-order valence-corrected chi connectivity index (χ0v) is 10.7. The van der Waals surface area contributed by atoms with E-state index in [-0.39, 0.29) is 5.82 Å². The number of nitrogens with zero attached hydrogens (tertiary/aromatic N) is 4. The Bertz CT molecular complexity index is 774. The molecule has 7 heteroatoms. The first-order valence-electron chi connectivity index (χ1n) is 6.00. The van der Waals surface area contributed by atoms with Crippen LogP contribution in [0, 0.1) is 5.82 Å². The van der Waals surface area contributed by atoms with Crippen LogP contribution in [-0.2, 0) is 0 Å². The minimum atomic E-state index is -0.322. The van der Waals surface area contributed by atoms with E-state index >= 15 is 0 Å². The van der Waals surface area contributed by atoms with Gasteiger partial charge in [-0.3, -0.25) is 0 Å². The zero-order chi connectivity index (χ0) is 13.0. The van der Waals surface area contributed by atoms with Crippen molar-refractivity contribution in [2.45, 2.75) is 18.8 Å². The summed E-state index contributed by atoms with van der Waals surface area (Å²) in [6.07, 6.45) is 2.27. The molecular formula is C12H10FN5S. The molecule has 2 N–H and O–H groups in total. The summed E-state index contributed by atoms with van der Waals surface area (Å²) >= 11 is 1.37. The zero-order valence-electron chi connectivity index (χ0n) is 9.88. The van der Waals surface area contributed by atoms with Crippen LogP contribution >= 0.6 is 11.3 Å². The Morgan fingerprint density at radius 3 is 2.95 bits per heavy atom. The van der Waals surface area contributed by atoms with E-state index in [4.69, 9.17) is 5.73 Å². The quantitative estimate of drug-likeness (QED) is 0.729. The highest BCUT2D eigenvalue weighted by atomic mass is 32.1. The fraction of sp³-hybridized carbons (Fsp3) is 0.250. The minimum absolute atomic E-state index is 0.322. The first kappa shape index (κ1) is 10.9. The number of nitrogens with two attached hydrogens (primary N) is 1. The number of anilines is 1. The fourth-order valence-corrected chi connectivity index (χ4v) is 2.94. The average molecular weight is 275 g/mol. The van der Waals surface area contributed by atoms with Gasteiger partial charge in [-0.25, -0.2) is 4.39 Å². The molecule has 0 spiro atoms. The van der Waals surface area contributed by atoms with Crippen LogP contribution in [0.5, 0.6) is 0 Å². The normalized spacial score (nSPS) is 15.2. The summed E-state index contributed by atoms with van der Waals surface area (Å²) in [5.74, 6) is 1.04. The molecule has 0 saturated heterocycles. The van der Waals surface area contributed by atoms with E-state index in [1.807, 2.05) is 0 Å². The van der Waals surface area contributed by atoms with E-state index in [1.165, 1.54) is 23.5 Å². The highest BCUT2D eigenvalue weighted by molar-refractivity contribution is 7.19. The van der Waals surface area contributed by atoms with E-state index in [9.17, 15) is 4.39 Å². The average Bonchev–Trinajstić information content (AvgIpc) is 3.01. The maximum absolute atomic E-state index is 13.3. The van der Waals surface area contributed by atoms with Crippen LogP contribution < -0.4 is 5.73 Å². The third kappa shape index (κ3) is 1.69. The Labute approximate surface area is 111 Å². The van der Waals surface area contributed by atoms with Crippen molar-refractivity contribution in [2.24, 2.45) is 0 Å². The lowest BCUT2D eigenvalue weighted by atomic mass is 10.2. The van der Waals surface area contributed by atoms with Crippen molar-refractivity contribution in [3.8, 4) is 10.6 Å². The third-order valence-electron chi connectivity index (χ3n) is 3.20. The van der Waals surface area contributed by atoms with Gasteiger partial charge < -0.3 is 5.73 Å². The van der Waals surface area contributed by atoms with Crippen LogP contribution in [0.25, 0.3) is 15.5 Å². The molecule has 2 heterocycles. The number of hydrogen-bond donors (Lipinski definition) is 1. The van der Waals surface area contributed by atoms with Crippen LogP contribution in [0.4, 0.5) is 10.1 Å². The number of benzene rings is 1. The monoisotopic (exact) mass is 275 g/mol.